The maximum absolute atomic E-state index is 11.2. The third-order valence-electron chi connectivity index (χ3n) is 4.02. The number of rotatable bonds is 5. The molecule has 6 heteroatoms. The molecular formula is C16H20N4O2. The van der Waals surface area contributed by atoms with Gasteiger partial charge in [0.15, 0.2) is 5.69 Å². The molecule has 1 aromatic heterocycles. The molecular weight excluding hydrogens is 280 g/mol. The lowest BCUT2D eigenvalue weighted by atomic mass is 10.2. The molecule has 1 fully saturated rings. The van der Waals surface area contributed by atoms with Gasteiger partial charge in [-0.3, -0.25) is 0 Å². The monoisotopic (exact) mass is 300 g/mol. The molecule has 3 rings (SSSR count). The van der Waals surface area contributed by atoms with Crippen molar-refractivity contribution in [3.63, 3.8) is 0 Å². The van der Waals surface area contributed by atoms with Gasteiger partial charge in [0, 0.05) is 18.8 Å². The maximum Gasteiger partial charge on any atom is 0.358 e. The molecule has 0 bridgehead atoms. The normalized spacial score (nSPS) is 14.5. The first kappa shape index (κ1) is 14.6. The van der Waals surface area contributed by atoms with Crippen LogP contribution in [0.3, 0.4) is 0 Å². The van der Waals surface area contributed by atoms with Crippen LogP contribution < -0.4 is 4.90 Å². The van der Waals surface area contributed by atoms with Gasteiger partial charge in [-0.2, -0.15) is 0 Å². The summed E-state index contributed by atoms with van der Waals surface area (Å²) in [6.45, 7) is 4.22. The van der Waals surface area contributed by atoms with E-state index in [9.17, 15) is 9.90 Å². The number of aromatic nitrogens is 3. The molecule has 0 aliphatic carbocycles. The molecule has 1 N–H and O–H groups in total. The molecule has 0 radical (unpaired) electrons. The van der Waals surface area contributed by atoms with E-state index in [0.29, 0.717) is 12.1 Å². The smallest absolute Gasteiger partial charge is 0.358 e. The molecule has 6 nitrogen and oxygen atoms in total. The first-order valence-corrected chi connectivity index (χ1v) is 7.74. The number of benzene rings is 1. The highest BCUT2D eigenvalue weighted by Gasteiger charge is 2.19. The number of hydrogen-bond acceptors (Lipinski definition) is 4. The molecule has 2 heterocycles. The Labute approximate surface area is 129 Å². The van der Waals surface area contributed by atoms with E-state index < -0.39 is 5.97 Å². The second-order valence-electron chi connectivity index (χ2n) is 5.56. The molecule has 1 aromatic carbocycles. The molecule has 0 amide bonds. The van der Waals surface area contributed by atoms with Crippen LogP contribution in [-0.4, -0.2) is 39.2 Å². The Morgan fingerprint density at radius 2 is 1.82 bits per heavy atom. The van der Waals surface area contributed by atoms with Gasteiger partial charge in [-0.1, -0.05) is 18.6 Å². The Balaban J connectivity index is 1.91. The average Bonchev–Trinajstić information content (AvgIpc) is 3.17. The fourth-order valence-corrected chi connectivity index (χ4v) is 2.92. The molecule has 22 heavy (non-hydrogen) atoms. The highest BCUT2D eigenvalue weighted by atomic mass is 16.4. The number of nitrogens with zero attached hydrogens (tertiary/aromatic N) is 4. The molecule has 1 saturated heterocycles. The maximum atomic E-state index is 11.2. The SMILES string of the molecule is CCCc1c(C(=O)O)nnn1-c1ccc(N2CCCC2)cc1. The van der Waals surface area contributed by atoms with E-state index in [4.69, 9.17) is 0 Å². The molecule has 1 aliphatic rings. The van der Waals surface area contributed by atoms with Gasteiger partial charge in [-0.25, -0.2) is 9.48 Å². The van der Waals surface area contributed by atoms with E-state index in [2.05, 4.69) is 27.3 Å². The lowest BCUT2D eigenvalue weighted by molar-refractivity contribution is 0.0689. The van der Waals surface area contributed by atoms with Crippen molar-refractivity contribution in [3.05, 3.63) is 35.7 Å². The van der Waals surface area contributed by atoms with Gasteiger partial charge in [0.25, 0.3) is 0 Å². The van der Waals surface area contributed by atoms with Crippen molar-refractivity contribution < 1.29 is 9.90 Å². The fraction of sp³-hybridized carbons (Fsp3) is 0.438. The molecule has 2 aromatic rings. The number of carbonyl (C=O) groups is 1. The second-order valence-corrected chi connectivity index (χ2v) is 5.56. The first-order valence-electron chi connectivity index (χ1n) is 7.74. The summed E-state index contributed by atoms with van der Waals surface area (Å²) < 4.78 is 1.64. The lowest BCUT2D eigenvalue weighted by Crippen LogP contribution is -2.17. The Morgan fingerprint density at radius 3 is 2.41 bits per heavy atom. The Hall–Kier alpha value is -2.37. The van der Waals surface area contributed by atoms with Crippen molar-refractivity contribution in [1.29, 1.82) is 0 Å². The predicted octanol–water partition coefficient (Wildman–Crippen LogP) is 2.52. The molecule has 0 saturated carbocycles. The minimum atomic E-state index is -1.02. The number of aromatic carboxylic acids is 1. The summed E-state index contributed by atoms with van der Waals surface area (Å²) in [7, 11) is 0. The quantitative estimate of drug-likeness (QED) is 0.918. The minimum absolute atomic E-state index is 0.0467. The van der Waals surface area contributed by atoms with Crippen LogP contribution in [0.5, 0.6) is 0 Å². The Kier molecular flexibility index (Phi) is 4.09. The summed E-state index contributed by atoms with van der Waals surface area (Å²) in [6.07, 6.45) is 3.98. The zero-order valence-electron chi connectivity index (χ0n) is 12.7. The third-order valence-corrected chi connectivity index (χ3v) is 4.02. The zero-order valence-corrected chi connectivity index (χ0v) is 12.7. The van der Waals surface area contributed by atoms with Gasteiger partial charge in [-0.05, 0) is 43.5 Å². The first-order chi connectivity index (χ1) is 10.7. The zero-order chi connectivity index (χ0) is 15.5. The standard InChI is InChI=1S/C16H20N4O2/c1-2-5-14-15(16(21)22)17-18-20(14)13-8-6-12(7-9-13)19-10-3-4-11-19/h6-9H,2-5,10-11H2,1H3,(H,21,22). The number of carboxylic acid groups (broad SMARTS) is 1. The Morgan fingerprint density at radius 1 is 1.18 bits per heavy atom. The van der Waals surface area contributed by atoms with Gasteiger partial charge in [0.1, 0.15) is 0 Å². The summed E-state index contributed by atoms with van der Waals surface area (Å²) in [5.41, 5.74) is 2.76. The summed E-state index contributed by atoms with van der Waals surface area (Å²) in [5, 5.41) is 17.1. The van der Waals surface area contributed by atoms with Crippen LogP contribution in [0.25, 0.3) is 5.69 Å². The molecule has 1 aliphatic heterocycles. The molecule has 116 valence electrons. The van der Waals surface area contributed by atoms with Gasteiger partial charge in [0.2, 0.25) is 0 Å². The number of hydrogen-bond donors (Lipinski definition) is 1. The predicted molar refractivity (Wildman–Crippen MR) is 83.8 cm³/mol. The van der Waals surface area contributed by atoms with Crippen molar-refractivity contribution in [1.82, 2.24) is 15.0 Å². The van der Waals surface area contributed by atoms with Gasteiger partial charge in [-0.15, -0.1) is 5.10 Å². The van der Waals surface area contributed by atoms with E-state index in [1.807, 2.05) is 19.1 Å². The van der Waals surface area contributed by atoms with E-state index in [-0.39, 0.29) is 5.69 Å². The molecule has 0 unspecified atom stereocenters. The van der Waals surface area contributed by atoms with E-state index in [1.54, 1.807) is 4.68 Å². The van der Waals surface area contributed by atoms with Crippen LogP contribution in [0.15, 0.2) is 24.3 Å². The van der Waals surface area contributed by atoms with Crippen molar-refractivity contribution >= 4 is 11.7 Å². The largest absolute Gasteiger partial charge is 0.476 e. The summed E-state index contributed by atoms with van der Waals surface area (Å²) in [6, 6.07) is 8.09. The van der Waals surface area contributed by atoms with Crippen LogP contribution in [0.2, 0.25) is 0 Å². The number of anilines is 1. The van der Waals surface area contributed by atoms with Crippen molar-refractivity contribution in [2.45, 2.75) is 32.6 Å². The van der Waals surface area contributed by atoms with Gasteiger partial charge < -0.3 is 10.0 Å². The van der Waals surface area contributed by atoms with Gasteiger partial charge >= 0.3 is 5.97 Å². The summed E-state index contributed by atoms with van der Waals surface area (Å²) >= 11 is 0. The highest BCUT2D eigenvalue weighted by Crippen LogP contribution is 2.22. The van der Waals surface area contributed by atoms with Crippen molar-refractivity contribution in [3.8, 4) is 5.69 Å². The average molecular weight is 300 g/mol. The van der Waals surface area contributed by atoms with E-state index >= 15 is 0 Å². The Bertz CT molecular complexity index is 657. The van der Waals surface area contributed by atoms with Crippen LogP contribution in [0, 0.1) is 0 Å². The van der Waals surface area contributed by atoms with Crippen LogP contribution in [-0.2, 0) is 6.42 Å². The summed E-state index contributed by atoms with van der Waals surface area (Å²) in [5.74, 6) is -1.02. The topological polar surface area (TPSA) is 71.2 Å². The van der Waals surface area contributed by atoms with Crippen molar-refractivity contribution in [2.75, 3.05) is 18.0 Å². The highest BCUT2D eigenvalue weighted by molar-refractivity contribution is 5.86. The molecule has 0 spiro atoms. The second kappa shape index (κ2) is 6.17. The summed E-state index contributed by atoms with van der Waals surface area (Å²) in [4.78, 5) is 13.6. The van der Waals surface area contributed by atoms with Crippen LogP contribution >= 0.6 is 0 Å². The van der Waals surface area contributed by atoms with E-state index in [1.165, 1.54) is 18.5 Å². The third kappa shape index (κ3) is 2.68. The van der Waals surface area contributed by atoms with Crippen LogP contribution in [0.4, 0.5) is 5.69 Å². The minimum Gasteiger partial charge on any atom is -0.476 e. The fourth-order valence-electron chi connectivity index (χ4n) is 2.92. The lowest BCUT2D eigenvalue weighted by Gasteiger charge is -2.17. The van der Waals surface area contributed by atoms with Crippen LogP contribution in [0.1, 0.15) is 42.4 Å². The van der Waals surface area contributed by atoms with E-state index in [0.717, 1.165) is 25.2 Å². The number of carboxylic acids is 1. The van der Waals surface area contributed by atoms with Gasteiger partial charge in [0.05, 0.1) is 11.4 Å². The van der Waals surface area contributed by atoms with Crippen molar-refractivity contribution in [2.24, 2.45) is 0 Å². The molecule has 0 atom stereocenters.